The Hall–Kier alpha value is -0.570. The molecule has 1 saturated heterocycles. The lowest BCUT2D eigenvalue weighted by molar-refractivity contribution is -0.147. The fraction of sp³-hybridized carbons (Fsp3) is 0.923. The molecule has 3 heteroatoms. The van der Waals surface area contributed by atoms with Gasteiger partial charge in [-0.1, -0.05) is 19.8 Å². The predicted octanol–water partition coefficient (Wildman–Crippen LogP) is 2.29. The van der Waals surface area contributed by atoms with E-state index in [1.54, 1.807) is 0 Å². The van der Waals surface area contributed by atoms with E-state index >= 15 is 0 Å². The Morgan fingerprint density at radius 1 is 1.38 bits per heavy atom. The van der Waals surface area contributed by atoms with Gasteiger partial charge in [-0.15, -0.1) is 0 Å². The molecule has 3 aliphatic rings. The number of epoxide rings is 1. The van der Waals surface area contributed by atoms with Crippen LogP contribution in [0.5, 0.6) is 0 Å². The monoisotopic (exact) mass is 224 g/mol. The zero-order chi connectivity index (χ0) is 11.4. The van der Waals surface area contributed by atoms with Gasteiger partial charge in [0.05, 0.1) is 7.11 Å². The summed E-state index contributed by atoms with van der Waals surface area (Å²) in [5.41, 5.74) is -0.748. The van der Waals surface area contributed by atoms with Crippen molar-refractivity contribution >= 4 is 5.97 Å². The summed E-state index contributed by atoms with van der Waals surface area (Å²) in [5, 5.41) is 0. The predicted molar refractivity (Wildman–Crippen MR) is 58.9 cm³/mol. The van der Waals surface area contributed by atoms with Crippen LogP contribution in [-0.4, -0.2) is 24.3 Å². The summed E-state index contributed by atoms with van der Waals surface area (Å²) in [6.45, 7) is 2.03. The van der Waals surface area contributed by atoms with Crippen LogP contribution in [0.25, 0.3) is 0 Å². The van der Waals surface area contributed by atoms with Gasteiger partial charge < -0.3 is 9.47 Å². The Labute approximate surface area is 96.5 Å². The molecular weight excluding hydrogens is 204 g/mol. The van der Waals surface area contributed by atoms with Gasteiger partial charge in [-0.2, -0.15) is 0 Å². The normalized spacial score (nSPS) is 49.4. The molecule has 1 heterocycles. The maximum Gasteiger partial charge on any atom is 0.341 e. The Balaban J connectivity index is 1.84. The van der Waals surface area contributed by atoms with E-state index in [4.69, 9.17) is 9.47 Å². The zero-order valence-corrected chi connectivity index (χ0v) is 10.1. The van der Waals surface area contributed by atoms with E-state index in [1.165, 1.54) is 26.4 Å². The second-order valence-electron chi connectivity index (χ2n) is 5.72. The molecule has 3 unspecified atom stereocenters. The summed E-state index contributed by atoms with van der Waals surface area (Å²) < 4.78 is 10.9. The van der Waals surface area contributed by atoms with Crippen molar-refractivity contribution in [3.63, 3.8) is 0 Å². The van der Waals surface area contributed by atoms with Crippen LogP contribution in [0.1, 0.15) is 45.4 Å². The van der Waals surface area contributed by atoms with Crippen molar-refractivity contribution in [2.24, 2.45) is 11.8 Å². The van der Waals surface area contributed by atoms with Crippen LogP contribution in [-0.2, 0) is 14.3 Å². The maximum absolute atomic E-state index is 11.9. The van der Waals surface area contributed by atoms with Crippen LogP contribution in [0.3, 0.4) is 0 Å². The molecule has 0 amide bonds. The Morgan fingerprint density at radius 2 is 2.00 bits per heavy atom. The van der Waals surface area contributed by atoms with E-state index in [1.807, 2.05) is 6.92 Å². The van der Waals surface area contributed by atoms with Gasteiger partial charge in [-0.05, 0) is 37.5 Å². The number of methoxy groups -OCH3 is 1. The lowest BCUT2D eigenvalue weighted by Crippen LogP contribution is -2.38. The van der Waals surface area contributed by atoms with E-state index in [2.05, 4.69) is 0 Å². The van der Waals surface area contributed by atoms with Crippen LogP contribution in [0, 0.1) is 11.8 Å². The number of hydrogen-bond donors (Lipinski definition) is 0. The number of carbonyl (C=O) groups excluding carboxylic acids is 1. The first-order valence-corrected chi connectivity index (χ1v) is 6.44. The molecule has 3 fully saturated rings. The minimum Gasteiger partial charge on any atom is -0.467 e. The van der Waals surface area contributed by atoms with E-state index in [-0.39, 0.29) is 11.6 Å². The molecule has 3 nitrogen and oxygen atoms in total. The SMILES string of the molecule is CCC1(C(=O)OC)OC12CC1CCC(C1)C2. The first kappa shape index (κ1) is 10.6. The molecule has 0 aromatic carbocycles. The van der Waals surface area contributed by atoms with Gasteiger partial charge in [-0.25, -0.2) is 4.79 Å². The average molecular weight is 224 g/mol. The topological polar surface area (TPSA) is 38.8 Å². The summed E-state index contributed by atoms with van der Waals surface area (Å²) >= 11 is 0. The molecule has 3 rings (SSSR count). The average Bonchev–Trinajstić information content (AvgIpc) is 2.78. The third-order valence-electron chi connectivity index (χ3n) is 4.96. The lowest BCUT2D eigenvalue weighted by Gasteiger charge is -2.27. The Kier molecular flexibility index (Phi) is 2.13. The molecule has 16 heavy (non-hydrogen) atoms. The molecule has 2 aliphatic carbocycles. The van der Waals surface area contributed by atoms with Crippen LogP contribution < -0.4 is 0 Å². The van der Waals surface area contributed by atoms with E-state index in [9.17, 15) is 4.79 Å². The van der Waals surface area contributed by atoms with Crippen molar-refractivity contribution in [2.75, 3.05) is 7.11 Å². The fourth-order valence-corrected chi connectivity index (χ4v) is 4.22. The van der Waals surface area contributed by atoms with Crippen LogP contribution in [0.2, 0.25) is 0 Å². The van der Waals surface area contributed by atoms with Crippen molar-refractivity contribution in [2.45, 2.75) is 56.7 Å². The quantitative estimate of drug-likeness (QED) is 0.533. The van der Waals surface area contributed by atoms with Gasteiger partial charge in [0.1, 0.15) is 5.60 Å². The number of fused-ring (bicyclic) bond motifs is 2. The summed E-state index contributed by atoms with van der Waals surface area (Å²) in [5.74, 6) is 1.42. The van der Waals surface area contributed by atoms with E-state index < -0.39 is 5.60 Å². The van der Waals surface area contributed by atoms with E-state index in [0.29, 0.717) is 0 Å². The molecule has 0 aromatic rings. The molecule has 2 saturated carbocycles. The highest BCUT2D eigenvalue weighted by atomic mass is 16.7. The smallest absolute Gasteiger partial charge is 0.341 e. The number of rotatable bonds is 2. The molecule has 2 bridgehead atoms. The highest BCUT2D eigenvalue weighted by molar-refractivity contribution is 5.84. The zero-order valence-electron chi connectivity index (χ0n) is 10.1. The van der Waals surface area contributed by atoms with Crippen molar-refractivity contribution in [3.8, 4) is 0 Å². The first-order valence-electron chi connectivity index (χ1n) is 6.44. The largest absolute Gasteiger partial charge is 0.467 e. The lowest BCUT2D eigenvalue weighted by atomic mass is 9.73. The fourth-order valence-electron chi connectivity index (χ4n) is 4.22. The molecule has 90 valence electrons. The van der Waals surface area contributed by atoms with Crippen molar-refractivity contribution in [1.29, 1.82) is 0 Å². The number of hydrogen-bond acceptors (Lipinski definition) is 3. The van der Waals surface area contributed by atoms with Crippen LogP contribution in [0.4, 0.5) is 0 Å². The van der Waals surface area contributed by atoms with Gasteiger partial charge in [-0.3, -0.25) is 0 Å². The van der Waals surface area contributed by atoms with Gasteiger partial charge >= 0.3 is 5.97 Å². The summed E-state index contributed by atoms with van der Waals surface area (Å²) in [6, 6.07) is 0. The third-order valence-corrected chi connectivity index (χ3v) is 4.96. The second-order valence-corrected chi connectivity index (χ2v) is 5.72. The second kappa shape index (κ2) is 3.22. The van der Waals surface area contributed by atoms with Gasteiger partial charge in [0.2, 0.25) is 0 Å². The van der Waals surface area contributed by atoms with Crippen molar-refractivity contribution in [3.05, 3.63) is 0 Å². The third kappa shape index (κ3) is 1.15. The minimum atomic E-state index is -0.594. The number of ether oxygens (including phenoxy) is 2. The minimum absolute atomic E-state index is 0.154. The van der Waals surface area contributed by atoms with Crippen LogP contribution in [0.15, 0.2) is 0 Å². The molecule has 0 radical (unpaired) electrons. The van der Waals surface area contributed by atoms with Crippen molar-refractivity contribution in [1.82, 2.24) is 0 Å². The maximum atomic E-state index is 11.9. The molecular formula is C13H20O3. The number of esters is 1. The molecule has 3 atom stereocenters. The molecule has 0 N–H and O–H groups in total. The van der Waals surface area contributed by atoms with Gasteiger partial charge in [0, 0.05) is 0 Å². The molecule has 1 aliphatic heterocycles. The summed E-state index contributed by atoms with van der Waals surface area (Å²) in [4.78, 5) is 11.9. The molecule has 1 spiro atoms. The summed E-state index contributed by atoms with van der Waals surface area (Å²) in [6.07, 6.45) is 6.91. The van der Waals surface area contributed by atoms with Gasteiger partial charge in [0.25, 0.3) is 0 Å². The highest BCUT2D eigenvalue weighted by Crippen LogP contribution is 2.63. The van der Waals surface area contributed by atoms with Crippen molar-refractivity contribution < 1.29 is 14.3 Å². The Morgan fingerprint density at radius 3 is 2.50 bits per heavy atom. The van der Waals surface area contributed by atoms with Gasteiger partial charge in [0.15, 0.2) is 5.60 Å². The summed E-state index contributed by atoms with van der Waals surface area (Å²) in [7, 11) is 1.46. The highest BCUT2D eigenvalue weighted by Gasteiger charge is 2.75. The Bertz CT molecular complexity index is 313. The first-order chi connectivity index (χ1) is 7.66. The van der Waals surface area contributed by atoms with E-state index in [0.717, 1.165) is 31.1 Å². The van der Waals surface area contributed by atoms with Crippen LogP contribution >= 0.6 is 0 Å². The standard InChI is InChI=1S/C13H20O3/c1-3-13(11(14)15-2)12(16-13)7-9-4-5-10(6-9)8-12/h9-10H,3-8H2,1-2H3. The molecule has 0 aromatic heterocycles. The number of carbonyl (C=O) groups is 1.